The van der Waals surface area contributed by atoms with E-state index in [-0.39, 0.29) is 24.8 Å². The molecule has 0 unspecified atom stereocenters. The summed E-state index contributed by atoms with van der Waals surface area (Å²) in [5, 5.41) is 7.19. The highest BCUT2D eigenvalue weighted by Gasteiger charge is 2.20. The second-order valence-electron chi connectivity index (χ2n) is 5.32. The normalized spacial score (nSPS) is 10.4. The van der Waals surface area contributed by atoms with E-state index in [0.717, 1.165) is 11.4 Å². The maximum Gasteiger partial charge on any atom is 0.261 e. The minimum Gasteiger partial charge on any atom is -0.351 e. The van der Waals surface area contributed by atoms with Crippen LogP contribution in [0.5, 0.6) is 0 Å². The molecular weight excluding hydrogens is 354 g/mol. The van der Waals surface area contributed by atoms with Gasteiger partial charge in [-0.3, -0.25) is 14.5 Å². The van der Waals surface area contributed by atoms with Gasteiger partial charge in [-0.2, -0.15) is 0 Å². The van der Waals surface area contributed by atoms with Crippen LogP contribution < -0.4 is 10.2 Å². The smallest absolute Gasteiger partial charge is 0.261 e. The Morgan fingerprint density at radius 3 is 2.56 bits per heavy atom. The molecule has 0 saturated heterocycles. The molecule has 0 radical (unpaired) electrons. The average Bonchev–Trinajstić information content (AvgIpc) is 3.28. The summed E-state index contributed by atoms with van der Waals surface area (Å²) in [6.07, 6.45) is 0.199. The molecule has 0 aliphatic carbocycles. The van der Waals surface area contributed by atoms with E-state index in [0.29, 0.717) is 10.0 Å². The molecule has 0 atom stereocenters. The molecule has 2 heterocycles. The van der Waals surface area contributed by atoms with Crippen LogP contribution in [-0.4, -0.2) is 23.3 Å². The first-order chi connectivity index (χ1) is 12.1. The summed E-state index contributed by atoms with van der Waals surface area (Å²) in [5.41, 5.74) is 1.64. The van der Waals surface area contributed by atoms with Crippen LogP contribution in [0.4, 0.5) is 10.8 Å². The lowest BCUT2D eigenvalue weighted by molar-refractivity contribution is -0.117. The van der Waals surface area contributed by atoms with Gasteiger partial charge in [0.1, 0.15) is 0 Å². The molecular formula is C18H17N3O2S2. The average molecular weight is 371 g/mol. The molecule has 25 heavy (non-hydrogen) atoms. The lowest BCUT2D eigenvalue weighted by Gasteiger charge is -2.20. The Kier molecular flexibility index (Phi) is 5.57. The van der Waals surface area contributed by atoms with Crippen LogP contribution in [-0.2, 0) is 4.79 Å². The Bertz CT molecular complexity index is 844. The van der Waals surface area contributed by atoms with Gasteiger partial charge in [0.2, 0.25) is 5.91 Å². The summed E-state index contributed by atoms with van der Waals surface area (Å²) in [4.78, 5) is 31.4. The monoisotopic (exact) mass is 371 g/mol. The van der Waals surface area contributed by atoms with Gasteiger partial charge >= 0.3 is 0 Å². The second kappa shape index (κ2) is 8.04. The maximum absolute atomic E-state index is 12.8. The van der Waals surface area contributed by atoms with E-state index in [1.165, 1.54) is 22.7 Å². The number of thiazole rings is 1. The molecule has 7 heteroatoms. The van der Waals surface area contributed by atoms with Crippen LogP contribution in [0.1, 0.15) is 21.8 Å². The third-order valence-corrected chi connectivity index (χ3v) is 5.24. The van der Waals surface area contributed by atoms with E-state index in [4.69, 9.17) is 0 Å². The van der Waals surface area contributed by atoms with E-state index >= 15 is 0 Å². The summed E-state index contributed by atoms with van der Waals surface area (Å²) < 4.78 is 0. The number of hydrogen-bond acceptors (Lipinski definition) is 5. The van der Waals surface area contributed by atoms with Crippen LogP contribution in [0.2, 0.25) is 0 Å². The third-order valence-electron chi connectivity index (χ3n) is 3.43. The molecule has 3 aromatic rings. The molecule has 3 rings (SSSR count). The molecule has 0 spiro atoms. The van der Waals surface area contributed by atoms with Gasteiger partial charge in [0.25, 0.3) is 5.91 Å². The van der Waals surface area contributed by atoms with Crippen molar-refractivity contribution in [3.05, 3.63) is 63.8 Å². The number of nitrogens with zero attached hydrogens (tertiary/aromatic N) is 2. The Morgan fingerprint density at radius 2 is 1.92 bits per heavy atom. The van der Waals surface area contributed by atoms with Crippen molar-refractivity contribution in [2.24, 2.45) is 0 Å². The van der Waals surface area contributed by atoms with Crippen molar-refractivity contribution < 1.29 is 9.59 Å². The Labute approximate surface area is 154 Å². The molecule has 0 aliphatic rings. The van der Waals surface area contributed by atoms with Crippen LogP contribution >= 0.6 is 22.7 Å². The Balaban J connectivity index is 1.68. The highest BCUT2D eigenvalue weighted by Crippen LogP contribution is 2.29. The number of aromatic nitrogens is 1. The molecule has 0 aliphatic heterocycles. The van der Waals surface area contributed by atoms with Crippen molar-refractivity contribution in [3.63, 3.8) is 0 Å². The maximum atomic E-state index is 12.8. The molecule has 128 valence electrons. The summed E-state index contributed by atoms with van der Waals surface area (Å²) in [7, 11) is 0. The van der Waals surface area contributed by atoms with Crippen molar-refractivity contribution in [1.29, 1.82) is 0 Å². The highest BCUT2D eigenvalue weighted by atomic mass is 32.1. The Morgan fingerprint density at radius 1 is 1.12 bits per heavy atom. The van der Waals surface area contributed by atoms with Crippen LogP contribution in [0.25, 0.3) is 0 Å². The standard InChI is InChI=1S/C18H17N3O2S2/c1-13-12-25-18(20-13)21(14-6-3-2-4-7-14)16(22)9-10-19-17(23)15-8-5-11-24-15/h2-8,11-12H,9-10H2,1H3,(H,19,23). The molecule has 1 N–H and O–H groups in total. The van der Waals surface area contributed by atoms with Crippen LogP contribution in [0, 0.1) is 6.92 Å². The summed E-state index contributed by atoms with van der Waals surface area (Å²) in [6.45, 7) is 2.18. The predicted octanol–water partition coefficient (Wildman–Crippen LogP) is 4.00. The second-order valence-corrected chi connectivity index (χ2v) is 7.10. The van der Waals surface area contributed by atoms with Gasteiger partial charge < -0.3 is 5.32 Å². The van der Waals surface area contributed by atoms with Crippen molar-refractivity contribution in [2.75, 3.05) is 11.4 Å². The van der Waals surface area contributed by atoms with Gasteiger partial charge in [-0.15, -0.1) is 22.7 Å². The minimum atomic E-state index is -0.154. The predicted molar refractivity (Wildman–Crippen MR) is 102 cm³/mol. The first-order valence-electron chi connectivity index (χ1n) is 7.77. The summed E-state index contributed by atoms with van der Waals surface area (Å²) in [5.74, 6) is -0.258. The van der Waals surface area contributed by atoms with Gasteiger partial charge in [-0.25, -0.2) is 4.98 Å². The first-order valence-corrected chi connectivity index (χ1v) is 9.53. The third kappa shape index (κ3) is 4.32. The molecule has 0 fully saturated rings. The van der Waals surface area contributed by atoms with E-state index in [1.54, 1.807) is 11.0 Å². The number of hydrogen-bond donors (Lipinski definition) is 1. The van der Waals surface area contributed by atoms with Gasteiger partial charge in [0.05, 0.1) is 16.3 Å². The number of carbonyl (C=O) groups excluding carboxylic acids is 2. The molecule has 2 aromatic heterocycles. The van der Waals surface area contributed by atoms with Crippen LogP contribution in [0.15, 0.2) is 53.2 Å². The van der Waals surface area contributed by atoms with Crippen molar-refractivity contribution in [1.82, 2.24) is 10.3 Å². The summed E-state index contributed by atoms with van der Waals surface area (Å²) in [6, 6.07) is 13.0. The number of carbonyl (C=O) groups is 2. The number of nitrogens with one attached hydrogen (secondary N) is 1. The lowest BCUT2D eigenvalue weighted by atomic mass is 10.2. The van der Waals surface area contributed by atoms with Crippen LogP contribution in [0.3, 0.4) is 0 Å². The van der Waals surface area contributed by atoms with E-state index < -0.39 is 0 Å². The largest absolute Gasteiger partial charge is 0.351 e. The zero-order valence-corrected chi connectivity index (χ0v) is 15.3. The summed E-state index contributed by atoms with van der Waals surface area (Å²) >= 11 is 2.80. The van der Waals surface area contributed by atoms with E-state index in [1.807, 2.05) is 54.1 Å². The number of rotatable bonds is 6. The fraction of sp³-hybridized carbons (Fsp3) is 0.167. The number of amides is 2. The van der Waals surface area contributed by atoms with Crippen molar-refractivity contribution in [3.8, 4) is 0 Å². The quantitative estimate of drug-likeness (QED) is 0.712. The van der Waals surface area contributed by atoms with Gasteiger partial charge in [0.15, 0.2) is 5.13 Å². The lowest BCUT2D eigenvalue weighted by Crippen LogP contribution is -2.31. The molecule has 5 nitrogen and oxygen atoms in total. The Hall–Kier alpha value is -2.51. The number of aryl methyl sites for hydroxylation is 1. The van der Waals surface area contributed by atoms with E-state index in [9.17, 15) is 9.59 Å². The van der Waals surface area contributed by atoms with Crippen molar-refractivity contribution in [2.45, 2.75) is 13.3 Å². The number of thiophene rings is 1. The SMILES string of the molecule is Cc1csc(N(C(=O)CCNC(=O)c2cccs2)c2ccccc2)n1. The molecule has 0 bridgehead atoms. The van der Waals surface area contributed by atoms with Gasteiger partial charge in [0, 0.05) is 18.3 Å². The van der Waals surface area contributed by atoms with E-state index in [2.05, 4.69) is 10.3 Å². The fourth-order valence-electron chi connectivity index (χ4n) is 2.27. The number of para-hydroxylation sites is 1. The topological polar surface area (TPSA) is 62.3 Å². The number of benzene rings is 1. The number of anilines is 2. The first kappa shape index (κ1) is 17.3. The molecule has 1 aromatic carbocycles. The molecule has 2 amide bonds. The molecule has 0 saturated carbocycles. The van der Waals surface area contributed by atoms with Gasteiger partial charge in [-0.1, -0.05) is 24.3 Å². The highest BCUT2D eigenvalue weighted by molar-refractivity contribution is 7.14. The van der Waals surface area contributed by atoms with Gasteiger partial charge in [-0.05, 0) is 30.5 Å². The van der Waals surface area contributed by atoms with Crippen molar-refractivity contribution >= 4 is 45.3 Å². The zero-order valence-electron chi connectivity index (χ0n) is 13.6. The zero-order chi connectivity index (χ0) is 17.6. The fourth-order valence-corrected chi connectivity index (χ4v) is 3.75. The minimum absolute atomic E-state index is 0.105.